The number of aliphatic hydroxyl groups is 7. The molecule has 2 fully saturated rings. The Morgan fingerprint density at radius 2 is 1.44 bits per heavy atom. The highest BCUT2D eigenvalue weighted by Crippen LogP contribution is 2.28. The van der Waals surface area contributed by atoms with Crippen LogP contribution >= 0.6 is 0 Å². The fraction of sp³-hybridized carbons (Fsp3) is 0.650. The molecule has 1 aromatic rings. The number of ether oxygens (including phenoxy) is 4. The molecule has 0 amide bonds. The van der Waals surface area contributed by atoms with Crippen LogP contribution in [0, 0.1) is 11.3 Å². The van der Waals surface area contributed by atoms with Crippen LogP contribution in [0.2, 0.25) is 0 Å². The third kappa shape index (κ3) is 5.25. The zero-order valence-electron chi connectivity index (χ0n) is 21.5. The molecule has 2 heterocycles. The molecule has 12 nitrogen and oxygen atoms in total. The highest BCUT2D eigenvalue weighted by atomic mass is 16.7. The van der Waals surface area contributed by atoms with E-state index >= 15 is 0 Å². The zero-order valence-corrected chi connectivity index (χ0v) is 16.5. The predicted molar refractivity (Wildman–Crippen MR) is 102 cm³/mol. The second-order valence-corrected chi connectivity index (χ2v) is 7.23. The second-order valence-electron chi connectivity index (χ2n) is 7.23. The van der Waals surface area contributed by atoms with Crippen LogP contribution < -0.4 is 0 Å². The Bertz CT molecular complexity index is 985. The molecule has 3 rings (SSSR count). The summed E-state index contributed by atoms with van der Waals surface area (Å²) in [5, 5.41) is 79.6. The summed E-state index contributed by atoms with van der Waals surface area (Å²) in [5.41, 5.74) is -0.543. The van der Waals surface area contributed by atoms with Gasteiger partial charge in [0.15, 0.2) is 18.7 Å². The van der Waals surface area contributed by atoms with Crippen LogP contribution in [0.15, 0.2) is 30.2 Å². The van der Waals surface area contributed by atoms with Crippen LogP contribution in [0.3, 0.4) is 0 Å². The normalized spacial score (nSPS) is 43.2. The molecule has 2 aliphatic heterocycles. The summed E-state index contributed by atoms with van der Waals surface area (Å²) >= 11 is 0. The lowest BCUT2D eigenvalue weighted by molar-refractivity contribution is -0.334. The van der Waals surface area contributed by atoms with Crippen molar-refractivity contribution >= 4 is 0 Å². The van der Waals surface area contributed by atoms with E-state index in [1.807, 2.05) is 0 Å². The Morgan fingerprint density at radius 1 is 0.875 bits per heavy atom. The number of hydrogen-bond acceptors (Lipinski definition) is 12. The van der Waals surface area contributed by atoms with Gasteiger partial charge in [0, 0.05) is 0 Å². The summed E-state index contributed by atoms with van der Waals surface area (Å²) in [6.07, 6.45) is -18.9. The van der Waals surface area contributed by atoms with Gasteiger partial charge < -0.3 is 54.7 Å². The van der Waals surface area contributed by atoms with Crippen molar-refractivity contribution < 1.29 is 61.5 Å². The van der Waals surface area contributed by atoms with Gasteiger partial charge in [-0.3, -0.25) is 0 Å². The molecule has 12 heteroatoms. The zero-order chi connectivity index (χ0) is 27.8. The fourth-order valence-electron chi connectivity index (χ4n) is 3.25. The fourth-order valence-corrected chi connectivity index (χ4v) is 3.25. The summed E-state index contributed by atoms with van der Waals surface area (Å²) in [6, 6.07) is -2.01. The van der Waals surface area contributed by atoms with Crippen molar-refractivity contribution in [1.82, 2.24) is 0 Å². The molecule has 2 saturated heterocycles. The van der Waals surface area contributed by atoms with Crippen LogP contribution in [-0.4, -0.2) is 110 Å². The van der Waals surface area contributed by atoms with Crippen molar-refractivity contribution in [3.05, 3.63) is 35.8 Å². The molecule has 0 bridgehead atoms. The van der Waals surface area contributed by atoms with Gasteiger partial charge in [0.05, 0.1) is 26.1 Å². The molecule has 0 aliphatic carbocycles. The monoisotopic (exact) mass is 462 g/mol. The average molecular weight is 462 g/mol. The van der Waals surface area contributed by atoms with E-state index < -0.39 is 117 Å². The minimum atomic E-state index is -1.95. The molecule has 0 spiro atoms. The minimum Gasteiger partial charge on any atom is -0.394 e. The molecular weight excluding hydrogens is 430 g/mol. The Labute approximate surface area is 190 Å². The summed E-state index contributed by atoms with van der Waals surface area (Å²) in [6.45, 7) is -1.37. The van der Waals surface area contributed by atoms with E-state index in [9.17, 15) is 41.0 Å². The average Bonchev–Trinajstić information content (AvgIpc) is 2.89. The van der Waals surface area contributed by atoms with Gasteiger partial charge in [0.1, 0.15) is 48.8 Å². The number of benzene rings is 1. The largest absolute Gasteiger partial charge is 0.394 e. The van der Waals surface area contributed by atoms with Crippen LogP contribution in [0.5, 0.6) is 0 Å². The van der Waals surface area contributed by atoms with Crippen molar-refractivity contribution in [3.8, 4) is 6.07 Å². The molecule has 0 saturated carbocycles. The lowest BCUT2D eigenvalue weighted by Gasteiger charge is -2.43. The van der Waals surface area contributed by atoms with Crippen LogP contribution in [0.4, 0.5) is 0 Å². The molecule has 1 unspecified atom stereocenters. The van der Waals surface area contributed by atoms with E-state index in [0.29, 0.717) is 0 Å². The van der Waals surface area contributed by atoms with Gasteiger partial charge >= 0.3 is 0 Å². The Kier molecular flexibility index (Phi) is 6.37. The standard InChI is InChI=1S/C20H27NO11/c21-6-10(9-4-2-1-3-5-9)30-20-18(28)16(26)14(24)12(32-20)8-29-19-17(27)15(25)13(23)11(7-22)31-19/h1-5,10-20,22-28H,7-8H2/t10-,11-,12-,13-,14-,15+,16+,17-,18-,19-,20?/m1/s1/i1D,2D,3D,4D,5D. The van der Waals surface area contributed by atoms with E-state index in [0.717, 1.165) is 0 Å². The molecule has 11 atom stereocenters. The first-order valence-electron chi connectivity index (χ1n) is 12.1. The Balaban J connectivity index is 1.77. The van der Waals surface area contributed by atoms with E-state index in [1.165, 1.54) is 0 Å². The van der Waals surface area contributed by atoms with Crippen molar-refractivity contribution in [3.63, 3.8) is 0 Å². The van der Waals surface area contributed by atoms with Gasteiger partial charge in [-0.05, 0) is 5.56 Å². The summed E-state index contributed by atoms with van der Waals surface area (Å²) < 4.78 is 60.4. The van der Waals surface area contributed by atoms with Crippen molar-refractivity contribution in [1.29, 1.82) is 5.26 Å². The highest BCUT2D eigenvalue weighted by molar-refractivity contribution is 5.22. The van der Waals surface area contributed by atoms with Crippen LogP contribution in [-0.2, 0) is 18.9 Å². The second kappa shape index (κ2) is 10.9. The summed E-state index contributed by atoms with van der Waals surface area (Å²) in [5.74, 6) is 0. The van der Waals surface area contributed by atoms with E-state index in [2.05, 4.69) is 0 Å². The van der Waals surface area contributed by atoms with Gasteiger partial charge in [-0.25, -0.2) is 0 Å². The van der Waals surface area contributed by atoms with Gasteiger partial charge in [-0.15, -0.1) is 0 Å². The van der Waals surface area contributed by atoms with E-state index in [-0.39, 0.29) is 0 Å². The molecule has 178 valence electrons. The molecule has 0 radical (unpaired) electrons. The van der Waals surface area contributed by atoms with Crippen molar-refractivity contribution in [2.45, 2.75) is 67.5 Å². The maximum absolute atomic E-state index is 10.3. The van der Waals surface area contributed by atoms with Crippen LogP contribution in [0.1, 0.15) is 18.5 Å². The SMILES string of the molecule is [2H]c1c([2H])c([2H])c([C@@H](C#N)OC2O[C@H](CO[C@@H]3O[C@H](CO)[C@@H](O)[C@H](O)[C@H]3O)[C@@H](O)[C@H](O)[C@H]2O)c([2H])c1[2H]. The van der Waals surface area contributed by atoms with Crippen molar-refractivity contribution in [2.75, 3.05) is 13.2 Å². The molecule has 32 heavy (non-hydrogen) atoms. The van der Waals surface area contributed by atoms with Crippen LogP contribution in [0.25, 0.3) is 0 Å². The molecule has 2 aliphatic rings. The Hall–Kier alpha value is -1.73. The highest BCUT2D eigenvalue weighted by Gasteiger charge is 2.48. The number of rotatable bonds is 7. The molecule has 0 aromatic heterocycles. The predicted octanol–water partition coefficient (Wildman–Crippen LogP) is -3.11. The first kappa shape index (κ1) is 18.7. The van der Waals surface area contributed by atoms with Gasteiger partial charge in [0.2, 0.25) is 0 Å². The lowest BCUT2D eigenvalue weighted by Crippen LogP contribution is -2.61. The quantitative estimate of drug-likeness (QED) is 0.215. The van der Waals surface area contributed by atoms with Gasteiger partial charge in [-0.1, -0.05) is 30.2 Å². The molecule has 7 N–H and O–H groups in total. The summed E-state index contributed by atoms with van der Waals surface area (Å²) in [4.78, 5) is 0. The topological polar surface area (TPSA) is 202 Å². The minimum absolute atomic E-state index is 0.543. The Morgan fingerprint density at radius 3 is 2.03 bits per heavy atom. The maximum atomic E-state index is 10.3. The summed E-state index contributed by atoms with van der Waals surface area (Å²) in [7, 11) is 0. The molecular formula is C20H27NO11. The van der Waals surface area contributed by atoms with E-state index in [4.69, 9.17) is 25.8 Å². The number of nitriles is 1. The first-order chi connectivity index (χ1) is 17.3. The maximum Gasteiger partial charge on any atom is 0.188 e. The van der Waals surface area contributed by atoms with Gasteiger partial charge in [0.25, 0.3) is 0 Å². The smallest absolute Gasteiger partial charge is 0.188 e. The van der Waals surface area contributed by atoms with Crippen molar-refractivity contribution in [2.24, 2.45) is 0 Å². The number of nitrogens with zero attached hydrogens (tertiary/aromatic N) is 1. The molecule has 1 aromatic carbocycles. The lowest BCUT2D eigenvalue weighted by atomic mass is 9.98. The van der Waals surface area contributed by atoms with E-state index in [1.54, 1.807) is 6.07 Å². The first-order valence-corrected chi connectivity index (χ1v) is 9.59. The number of aliphatic hydroxyl groups excluding tert-OH is 7. The number of hydrogen-bond donors (Lipinski definition) is 7. The third-order valence-corrected chi connectivity index (χ3v) is 5.11. The third-order valence-electron chi connectivity index (χ3n) is 5.11. The van der Waals surface area contributed by atoms with Gasteiger partial charge in [-0.2, -0.15) is 5.26 Å².